The normalized spacial score (nSPS) is 10.2. The number of pyridine rings is 1. The van der Waals surface area contributed by atoms with E-state index in [1.54, 1.807) is 25.4 Å². The largest absolute Gasteiger partial charge is 0.497 e. The van der Waals surface area contributed by atoms with Gasteiger partial charge in [0, 0.05) is 24.2 Å². The summed E-state index contributed by atoms with van der Waals surface area (Å²) < 4.78 is 5.05. The highest BCUT2D eigenvalue weighted by atomic mass is 32.1. The van der Waals surface area contributed by atoms with Crippen molar-refractivity contribution < 1.29 is 9.53 Å². The van der Waals surface area contributed by atoms with Crippen molar-refractivity contribution >= 4 is 22.4 Å². The molecule has 0 radical (unpaired) electrons. The lowest BCUT2D eigenvalue weighted by Gasteiger charge is -2.05. The molecule has 20 heavy (non-hydrogen) atoms. The van der Waals surface area contributed by atoms with Crippen LogP contribution in [0.1, 0.15) is 22.6 Å². The molecule has 0 aromatic carbocycles. The number of methoxy groups -OCH3 is 1. The maximum atomic E-state index is 11.9. The number of anilines is 1. The van der Waals surface area contributed by atoms with E-state index in [4.69, 9.17) is 10.5 Å². The number of hydrogen-bond donors (Lipinski definition) is 2. The highest BCUT2D eigenvalue weighted by Gasteiger charge is 2.07. The molecule has 2 rings (SSSR count). The van der Waals surface area contributed by atoms with Gasteiger partial charge in [-0.3, -0.25) is 9.78 Å². The fourth-order valence-electron chi connectivity index (χ4n) is 1.66. The Labute approximate surface area is 121 Å². The molecule has 7 heteroatoms. The number of thiazole rings is 1. The molecule has 2 aromatic heterocycles. The predicted octanol–water partition coefficient (Wildman–Crippen LogP) is 1.49. The van der Waals surface area contributed by atoms with Gasteiger partial charge in [-0.05, 0) is 18.9 Å². The van der Waals surface area contributed by atoms with Gasteiger partial charge in [0.2, 0.25) is 0 Å². The van der Waals surface area contributed by atoms with Crippen LogP contribution in [0.3, 0.4) is 0 Å². The molecule has 0 bridgehead atoms. The number of amides is 1. The lowest BCUT2D eigenvalue weighted by Crippen LogP contribution is -2.25. The molecule has 0 atom stereocenters. The van der Waals surface area contributed by atoms with Crippen LogP contribution in [-0.4, -0.2) is 29.5 Å². The summed E-state index contributed by atoms with van der Waals surface area (Å²) in [6.07, 6.45) is 3.14. The van der Waals surface area contributed by atoms with Crippen LogP contribution in [0.25, 0.3) is 0 Å². The van der Waals surface area contributed by atoms with Gasteiger partial charge in [0.1, 0.15) is 11.4 Å². The van der Waals surface area contributed by atoms with Gasteiger partial charge >= 0.3 is 0 Å². The van der Waals surface area contributed by atoms with Crippen LogP contribution < -0.4 is 15.8 Å². The SMILES string of the molecule is COc1ccnc(C(=O)NCCCc2csc(N)n2)c1. The number of nitrogens with one attached hydrogen (secondary N) is 1. The van der Waals surface area contributed by atoms with Crippen LogP contribution in [0.5, 0.6) is 5.75 Å². The molecule has 3 N–H and O–H groups in total. The zero-order chi connectivity index (χ0) is 14.4. The van der Waals surface area contributed by atoms with E-state index >= 15 is 0 Å². The second-order valence-corrected chi connectivity index (χ2v) is 5.01. The maximum absolute atomic E-state index is 11.9. The lowest BCUT2D eigenvalue weighted by atomic mass is 10.2. The van der Waals surface area contributed by atoms with Crippen molar-refractivity contribution in [2.45, 2.75) is 12.8 Å². The molecule has 0 unspecified atom stereocenters. The summed E-state index contributed by atoms with van der Waals surface area (Å²) >= 11 is 1.43. The predicted molar refractivity (Wildman–Crippen MR) is 78.0 cm³/mol. The zero-order valence-corrected chi connectivity index (χ0v) is 11.9. The molecule has 0 aliphatic rings. The van der Waals surface area contributed by atoms with E-state index in [2.05, 4.69) is 15.3 Å². The number of rotatable bonds is 6. The molecular weight excluding hydrogens is 276 g/mol. The van der Waals surface area contributed by atoms with E-state index in [1.165, 1.54) is 11.3 Å². The van der Waals surface area contributed by atoms with Crippen molar-refractivity contribution in [3.05, 3.63) is 35.1 Å². The third-order valence-electron chi connectivity index (χ3n) is 2.66. The van der Waals surface area contributed by atoms with E-state index in [9.17, 15) is 4.79 Å². The Morgan fingerprint density at radius 1 is 1.55 bits per heavy atom. The Balaban J connectivity index is 1.77. The minimum Gasteiger partial charge on any atom is -0.497 e. The summed E-state index contributed by atoms with van der Waals surface area (Å²) in [5.41, 5.74) is 6.86. The Morgan fingerprint density at radius 3 is 3.10 bits per heavy atom. The topological polar surface area (TPSA) is 90.1 Å². The van der Waals surface area contributed by atoms with Gasteiger partial charge in [-0.15, -0.1) is 11.3 Å². The zero-order valence-electron chi connectivity index (χ0n) is 11.1. The second-order valence-electron chi connectivity index (χ2n) is 4.12. The molecule has 106 valence electrons. The smallest absolute Gasteiger partial charge is 0.270 e. The first-order valence-electron chi connectivity index (χ1n) is 6.17. The van der Waals surface area contributed by atoms with Gasteiger partial charge in [0.15, 0.2) is 5.13 Å². The summed E-state index contributed by atoms with van der Waals surface area (Å²) in [7, 11) is 1.55. The van der Waals surface area contributed by atoms with E-state index in [-0.39, 0.29) is 5.91 Å². The van der Waals surface area contributed by atoms with Crippen molar-refractivity contribution in [3.63, 3.8) is 0 Å². The Kier molecular flexibility index (Phi) is 4.89. The van der Waals surface area contributed by atoms with Gasteiger partial charge in [0.05, 0.1) is 12.8 Å². The molecular formula is C13H16N4O2S. The molecule has 6 nitrogen and oxygen atoms in total. The van der Waals surface area contributed by atoms with Crippen LogP contribution in [0.4, 0.5) is 5.13 Å². The summed E-state index contributed by atoms with van der Waals surface area (Å²) in [6, 6.07) is 3.31. The molecule has 0 fully saturated rings. The first-order valence-corrected chi connectivity index (χ1v) is 7.05. The lowest BCUT2D eigenvalue weighted by molar-refractivity contribution is 0.0948. The van der Waals surface area contributed by atoms with Gasteiger partial charge in [-0.1, -0.05) is 0 Å². The Morgan fingerprint density at radius 2 is 2.40 bits per heavy atom. The van der Waals surface area contributed by atoms with Crippen LogP contribution in [0, 0.1) is 0 Å². The van der Waals surface area contributed by atoms with E-state index in [0.717, 1.165) is 18.5 Å². The van der Waals surface area contributed by atoms with Gasteiger partial charge in [0.25, 0.3) is 5.91 Å². The third kappa shape index (κ3) is 3.92. The summed E-state index contributed by atoms with van der Waals surface area (Å²) in [5, 5.41) is 5.32. The van der Waals surface area contributed by atoms with Crippen molar-refractivity contribution in [2.75, 3.05) is 19.4 Å². The number of carbonyl (C=O) groups excluding carboxylic acids is 1. The number of aryl methyl sites for hydroxylation is 1. The molecule has 2 heterocycles. The minimum absolute atomic E-state index is 0.207. The van der Waals surface area contributed by atoms with Crippen molar-refractivity contribution in [3.8, 4) is 5.75 Å². The standard InChI is InChI=1S/C13H16N4O2S/c1-19-10-4-6-15-11(7-10)12(18)16-5-2-3-9-8-20-13(14)17-9/h4,6-8H,2-3,5H2,1H3,(H2,14,17)(H,16,18). The fraction of sp³-hybridized carbons (Fsp3) is 0.308. The highest BCUT2D eigenvalue weighted by molar-refractivity contribution is 7.13. The monoisotopic (exact) mass is 292 g/mol. The average molecular weight is 292 g/mol. The van der Waals surface area contributed by atoms with E-state index in [0.29, 0.717) is 23.1 Å². The average Bonchev–Trinajstić information content (AvgIpc) is 2.89. The minimum atomic E-state index is -0.207. The number of nitrogens with zero attached hydrogens (tertiary/aromatic N) is 2. The van der Waals surface area contributed by atoms with Crippen LogP contribution >= 0.6 is 11.3 Å². The number of hydrogen-bond acceptors (Lipinski definition) is 6. The molecule has 0 aliphatic heterocycles. The van der Waals surface area contributed by atoms with Crippen LogP contribution in [0.15, 0.2) is 23.7 Å². The highest BCUT2D eigenvalue weighted by Crippen LogP contribution is 2.12. The van der Waals surface area contributed by atoms with Gasteiger partial charge in [-0.2, -0.15) is 0 Å². The van der Waals surface area contributed by atoms with E-state index in [1.807, 2.05) is 5.38 Å². The number of nitrogen functional groups attached to an aromatic ring is 1. The number of ether oxygens (including phenoxy) is 1. The van der Waals surface area contributed by atoms with E-state index < -0.39 is 0 Å². The Hall–Kier alpha value is -2.15. The quantitative estimate of drug-likeness (QED) is 0.787. The Bertz CT molecular complexity index is 585. The number of carbonyl (C=O) groups is 1. The van der Waals surface area contributed by atoms with Crippen molar-refractivity contribution in [1.82, 2.24) is 15.3 Å². The molecule has 0 saturated heterocycles. The van der Waals surface area contributed by atoms with Crippen LogP contribution in [-0.2, 0) is 6.42 Å². The third-order valence-corrected chi connectivity index (χ3v) is 3.39. The number of aromatic nitrogens is 2. The van der Waals surface area contributed by atoms with Crippen molar-refractivity contribution in [2.24, 2.45) is 0 Å². The molecule has 2 aromatic rings. The molecule has 0 saturated carbocycles. The van der Waals surface area contributed by atoms with Gasteiger partial charge < -0.3 is 15.8 Å². The molecule has 0 spiro atoms. The summed E-state index contributed by atoms with van der Waals surface area (Å²) in [5.74, 6) is 0.407. The summed E-state index contributed by atoms with van der Waals surface area (Å²) in [4.78, 5) is 20.0. The maximum Gasteiger partial charge on any atom is 0.270 e. The molecule has 0 aliphatic carbocycles. The number of nitrogens with two attached hydrogens (primary N) is 1. The van der Waals surface area contributed by atoms with Crippen LogP contribution in [0.2, 0.25) is 0 Å². The second kappa shape index (κ2) is 6.85. The summed E-state index contributed by atoms with van der Waals surface area (Å²) in [6.45, 7) is 0.565. The van der Waals surface area contributed by atoms with Gasteiger partial charge in [-0.25, -0.2) is 4.98 Å². The van der Waals surface area contributed by atoms with Crippen molar-refractivity contribution in [1.29, 1.82) is 0 Å². The fourth-order valence-corrected chi connectivity index (χ4v) is 2.26. The molecule has 1 amide bonds. The first kappa shape index (κ1) is 14.3. The first-order chi connectivity index (χ1) is 9.69.